The fraction of sp³-hybridized carbons (Fsp3) is 0.294. The van der Waals surface area contributed by atoms with Crippen molar-refractivity contribution in [1.82, 2.24) is 5.32 Å². The molecule has 0 bridgehead atoms. The van der Waals surface area contributed by atoms with Crippen LogP contribution >= 0.6 is 0 Å². The Morgan fingerprint density at radius 3 is 2.65 bits per heavy atom. The molecule has 2 aromatic rings. The Morgan fingerprint density at radius 1 is 1.10 bits per heavy atom. The molecule has 0 spiro atoms. The number of rotatable bonds is 6. The summed E-state index contributed by atoms with van der Waals surface area (Å²) in [5.74, 6) is 1.48. The van der Waals surface area contributed by atoms with Crippen LogP contribution in [0.3, 0.4) is 0 Å². The number of para-hydroxylation sites is 1. The normalized spacial score (nSPS) is 10.8. The Labute approximate surface area is 120 Å². The average molecular weight is 271 g/mol. The van der Waals surface area contributed by atoms with Crippen molar-refractivity contribution in [3.8, 4) is 11.5 Å². The smallest absolute Gasteiger partial charge is 0.132 e. The van der Waals surface area contributed by atoms with Crippen LogP contribution in [0.15, 0.2) is 48.5 Å². The molecule has 0 amide bonds. The summed E-state index contributed by atoms with van der Waals surface area (Å²) in [6.45, 7) is 5.04. The zero-order valence-electron chi connectivity index (χ0n) is 12.0. The summed E-state index contributed by atoms with van der Waals surface area (Å²) < 4.78 is 5.86. The van der Waals surface area contributed by atoms with Gasteiger partial charge in [-0.25, -0.2) is 0 Å². The minimum Gasteiger partial charge on any atom is -0.457 e. The minimum absolute atomic E-state index is 0.0230. The van der Waals surface area contributed by atoms with E-state index >= 15 is 0 Å². The Bertz CT molecular complexity index is 552. The number of benzene rings is 2. The highest BCUT2D eigenvalue weighted by molar-refractivity contribution is 5.38. The van der Waals surface area contributed by atoms with E-state index in [-0.39, 0.29) is 6.61 Å². The van der Waals surface area contributed by atoms with Crippen molar-refractivity contribution < 1.29 is 9.84 Å². The summed E-state index contributed by atoms with van der Waals surface area (Å²) in [5, 5.41) is 12.7. The summed E-state index contributed by atoms with van der Waals surface area (Å²) in [4.78, 5) is 0. The van der Waals surface area contributed by atoms with Crippen LogP contribution in [0.1, 0.15) is 25.0 Å². The molecule has 0 saturated carbocycles. The van der Waals surface area contributed by atoms with E-state index in [4.69, 9.17) is 4.74 Å². The first-order chi connectivity index (χ1) is 9.69. The summed E-state index contributed by atoms with van der Waals surface area (Å²) in [6.07, 6.45) is 0. The van der Waals surface area contributed by atoms with Gasteiger partial charge in [-0.15, -0.1) is 0 Å². The fourth-order valence-electron chi connectivity index (χ4n) is 1.90. The molecule has 0 radical (unpaired) electrons. The largest absolute Gasteiger partial charge is 0.457 e. The predicted octanol–water partition coefficient (Wildman–Crippen LogP) is 3.47. The van der Waals surface area contributed by atoms with E-state index in [1.165, 1.54) is 5.56 Å². The quantitative estimate of drug-likeness (QED) is 0.845. The third-order valence-corrected chi connectivity index (χ3v) is 2.98. The van der Waals surface area contributed by atoms with Gasteiger partial charge in [-0.3, -0.25) is 0 Å². The lowest BCUT2D eigenvalue weighted by atomic mass is 10.2. The second kappa shape index (κ2) is 7.08. The molecular weight excluding hydrogens is 250 g/mol. The number of ether oxygens (including phenoxy) is 1. The van der Waals surface area contributed by atoms with E-state index in [1.807, 2.05) is 42.5 Å². The number of aliphatic hydroxyl groups excluding tert-OH is 1. The maximum absolute atomic E-state index is 9.31. The molecule has 0 aliphatic heterocycles. The second-order valence-corrected chi connectivity index (χ2v) is 5.05. The molecular formula is C17H21NO2. The van der Waals surface area contributed by atoms with Gasteiger partial charge in [-0.1, -0.05) is 44.2 Å². The van der Waals surface area contributed by atoms with Crippen LogP contribution in [0.2, 0.25) is 0 Å². The Kier molecular flexibility index (Phi) is 5.16. The molecule has 3 heteroatoms. The van der Waals surface area contributed by atoms with Crippen molar-refractivity contribution in [3.63, 3.8) is 0 Å². The molecule has 2 aromatic carbocycles. The molecule has 0 saturated heterocycles. The van der Waals surface area contributed by atoms with Crippen LogP contribution < -0.4 is 10.1 Å². The van der Waals surface area contributed by atoms with Crippen molar-refractivity contribution in [2.24, 2.45) is 0 Å². The van der Waals surface area contributed by atoms with E-state index < -0.39 is 0 Å². The van der Waals surface area contributed by atoms with Gasteiger partial charge >= 0.3 is 0 Å². The van der Waals surface area contributed by atoms with Crippen molar-refractivity contribution in [1.29, 1.82) is 0 Å². The summed E-state index contributed by atoms with van der Waals surface area (Å²) in [7, 11) is 0. The van der Waals surface area contributed by atoms with Gasteiger partial charge < -0.3 is 15.2 Å². The molecule has 0 atom stereocenters. The molecule has 0 unspecified atom stereocenters. The highest BCUT2D eigenvalue weighted by Gasteiger charge is 2.04. The lowest BCUT2D eigenvalue weighted by Crippen LogP contribution is -2.21. The lowest BCUT2D eigenvalue weighted by Gasteiger charge is -2.12. The lowest BCUT2D eigenvalue weighted by molar-refractivity contribution is 0.276. The van der Waals surface area contributed by atoms with Gasteiger partial charge in [-0.05, 0) is 23.8 Å². The molecule has 0 aromatic heterocycles. The monoisotopic (exact) mass is 271 g/mol. The van der Waals surface area contributed by atoms with E-state index in [0.29, 0.717) is 11.8 Å². The van der Waals surface area contributed by atoms with Crippen LogP contribution in [-0.4, -0.2) is 11.1 Å². The van der Waals surface area contributed by atoms with Crippen molar-refractivity contribution in [2.45, 2.75) is 33.0 Å². The van der Waals surface area contributed by atoms with E-state index in [1.54, 1.807) is 0 Å². The number of aliphatic hydroxyl groups is 1. The molecule has 0 fully saturated rings. The first-order valence-corrected chi connectivity index (χ1v) is 6.88. The molecule has 106 valence electrons. The zero-order chi connectivity index (χ0) is 14.4. The van der Waals surface area contributed by atoms with Crippen LogP contribution in [0.4, 0.5) is 0 Å². The van der Waals surface area contributed by atoms with Gasteiger partial charge in [0.2, 0.25) is 0 Å². The Morgan fingerprint density at radius 2 is 1.90 bits per heavy atom. The standard InChI is InChI=1S/C17H21NO2/c1-13(2)18-11-14-6-5-8-16(10-14)20-17-9-4-3-7-15(17)12-19/h3-10,13,18-19H,11-12H2,1-2H3. The molecule has 0 aliphatic rings. The maximum atomic E-state index is 9.31. The van der Waals surface area contributed by atoms with Crippen LogP contribution in [0.5, 0.6) is 11.5 Å². The number of hydrogen-bond donors (Lipinski definition) is 2. The first-order valence-electron chi connectivity index (χ1n) is 6.88. The van der Waals surface area contributed by atoms with Gasteiger partial charge in [0.15, 0.2) is 0 Å². The topological polar surface area (TPSA) is 41.5 Å². The van der Waals surface area contributed by atoms with Gasteiger partial charge in [0.25, 0.3) is 0 Å². The molecule has 2 N–H and O–H groups in total. The second-order valence-electron chi connectivity index (χ2n) is 5.05. The fourth-order valence-corrected chi connectivity index (χ4v) is 1.90. The molecule has 20 heavy (non-hydrogen) atoms. The van der Waals surface area contributed by atoms with Gasteiger partial charge in [0.05, 0.1) is 6.61 Å². The highest BCUT2D eigenvalue weighted by Crippen LogP contribution is 2.25. The van der Waals surface area contributed by atoms with E-state index in [2.05, 4.69) is 25.2 Å². The van der Waals surface area contributed by atoms with E-state index in [9.17, 15) is 5.11 Å². The Balaban J connectivity index is 2.11. The maximum Gasteiger partial charge on any atom is 0.132 e. The third-order valence-electron chi connectivity index (χ3n) is 2.98. The molecule has 0 heterocycles. The Hall–Kier alpha value is -1.84. The molecule has 2 rings (SSSR count). The van der Waals surface area contributed by atoms with Crippen LogP contribution in [-0.2, 0) is 13.2 Å². The van der Waals surface area contributed by atoms with Gasteiger partial charge in [-0.2, -0.15) is 0 Å². The van der Waals surface area contributed by atoms with Crippen LogP contribution in [0, 0.1) is 0 Å². The SMILES string of the molecule is CC(C)NCc1cccc(Oc2ccccc2CO)c1. The zero-order valence-corrected chi connectivity index (χ0v) is 12.0. The van der Waals surface area contributed by atoms with Crippen molar-refractivity contribution in [2.75, 3.05) is 0 Å². The van der Waals surface area contributed by atoms with Crippen molar-refractivity contribution >= 4 is 0 Å². The predicted molar refractivity (Wildman–Crippen MR) is 80.9 cm³/mol. The van der Waals surface area contributed by atoms with Gasteiger partial charge in [0, 0.05) is 18.2 Å². The minimum atomic E-state index is -0.0230. The van der Waals surface area contributed by atoms with Crippen LogP contribution in [0.25, 0.3) is 0 Å². The number of hydrogen-bond acceptors (Lipinski definition) is 3. The molecule has 3 nitrogen and oxygen atoms in total. The number of nitrogens with one attached hydrogen (secondary N) is 1. The average Bonchev–Trinajstić information content (AvgIpc) is 2.46. The summed E-state index contributed by atoms with van der Waals surface area (Å²) in [5.41, 5.74) is 1.97. The molecule has 0 aliphatic carbocycles. The summed E-state index contributed by atoms with van der Waals surface area (Å²) >= 11 is 0. The summed E-state index contributed by atoms with van der Waals surface area (Å²) in [6, 6.07) is 16.0. The highest BCUT2D eigenvalue weighted by atomic mass is 16.5. The van der Waals surface area contributed by atoms with Crippen molar-refractivity contribution in [3.05, 3.63) is 59.7 Å². The van der Waals surface area contributed by atoms with E-state index in [0.717, 1.165) is 17.9 Å². The first kappa shape index (κ1) is 14.6. The third kappa shape index (κ3) is 4.08. The van der Waals surface area contributed by atoms with Gasteiger partial charge in [0.1, 0.15) is 11.5 Å².